The van der Waals surface area contributed by atoms with Crippen LogP contribution in [0.5, 0.6) is 0 Å². The number of urea groups is 1. The first-order chi connectivity index (χ1) is 15.3. The van der Waals surface area contributed by atoms with Crippen LogP contribution in [0.2, 0.25) is 0 Å². The number of thiophene rings is 1. The number of nitrogens with two attached hydrogens (primary N) is 2. The topological polar surface area (TPSA) is 122 Å². The average molecular weight is 454 g/mol. The van der Waals surface area contributed by atoms with Crippen molar-refractivity contribution in [2.24, 2.45) is 5.73 Å². The maximum Gasteiger partial charge on any atom is 0.325 e. The summed E-state index contributed by atoms with van der Waals surface area (Å²) in [6.45, 7) is 1.87. The number of anilines is 2. The molecule has 0 aliphatic carbocycles. The highest BCUT2D eigenvalue weighted by molar-refractivity contribution is 7.09. The predicted octanol–water partition coefficient (Wildman–Crippen LogP) is 2.41. The zero-order chi connectivity index (χ0) is 23.1. The van der Waals surface area contributed by atoms with Gasteiger partial charge < -0.3 is 21.3 Å². The normalized spacial score (nSPS) is 10.8. The van der Waals surface area contributed by atoms with Crippen molar-refractivity contribution in [2.75, 3.05) is 37.8 Å². The second-order valence-electron chi connectivity index (χ2n) is 7.58. The van der Waals surface area contributed by atoms with Crippen molar-refractivity contribution in [3.05, 3.63) is 70.4 Å². The van der Waals surface area contributed by atoms with Crippen LogP contribution in [-0.2, 0) is 13.1 Å². The molecule has 0 saturated heterocycles. The Morgan fingerprint density at radius 2 is 1.75 bits per heavy atom. The third-order valence-electron chi connectivity index (χ3n) is 4.82. The molecule has 3 amide bonds. The van der Waals surface area contributed by atoms with E-state index in [4.69, 9.17) is 11.5 Å². The minimum atomic E-state index is -0.589. The standard InChI is InChI=1S/C22H27N7O2S/c1-27(2)9-10-28(12-17-3-4-19(21(24)30)26-11-17)22(31)29(20-15-32-14-18(20)23)13-16-5-7-25-8-6-16/h3-8,11,14-15H,9-10,12-13,23H2,1-2H3,(H2,24,30). The summed E-state index contributed by atoms with van der Waals surface area (Å²) in [4.78, 5) is 38.7. The van der Waals surface area contributed by atoms with Gasteiger partial charge in [0.1, 0.15) is 5.69 Å². The van der Waals surface area contributed by atoms with Crippen LogP contribution in [0.15, 0.2) is 53.6 Å². The van der Waals surface area contributed by atoms with Crippen LogP contribution in [0.4, 0.5) is 16.2 Å². The van der Waals surface area contributed by atoms with Gasteiger partial charge in [0.15, 0.2) is 0 Å². The first kappa shape index (κ1) is 23.2. The maximum atomic E-state index is 13.8. The summed E-state index contributed by atoms with van der Waals surface area (Å²) in [7, 11) is 3.91. The van der Waals surface area contributed by atoms with Gasteiger partial charge in [-0.25, -0.2) is 4.79 Å². The second kappa shape index (κ2) is 10.7. The number of primary amides is 1. The molecule has 3 aromatic rings. The van der Waals surface area contributed by atoms with E-state index in [1.165, 1.54) is 11.3 Å². The summed E-state index contributed by atoms with van der Waals surface area (Å²) in [5.41, 5.74) is 14.6. The van der Waals surface area contributed by atoms with E-state index in [-0.39, 0.29) is 11.7 Å². The number of hydrogen-bond donors (Lipinski definition) is 2. The van der Waals surface area contributed by atoms with Crippen molar-refractivity contribution in [2.45, 2.75) is 13.1 Å². The van der Waals surface area contributed by atoms with Crippen LogP contribution in [0.25, 0.3) is 0 Å². The lowest BCUT2D eigenvalue weighted by Crippen LogP contribution is -2.45. The summed E-state index contributed by atoms with van der Waals surface area (Å²) >= 11 is 1.45. The van der Waals surface area contributed by atoms with Crippen molar-refractivity contribution >= 4 is 34.6 Å². The van der Waals surface area contributed by atoms with Crippen molar-refractivity contribution in [1.82, 2.24) is 19.8 Å². The largest absolute Gasteiger partial charge is 0.396 e. The van der Waals surface area contributed by atoms with Crippen LogP contribution >= 0.6 is 11.3 Å². The predicted molar refractivity (Wildman–Crippen MR) is 126 cm³/mol. The van der Waals surface area contributed by atoms with E-state index in [1.807, 2.05) is 41.9 Å². The van der Waals surface area contributed by atoms with E-state index < -0.39 is 5.91 Å². The van der Waals surface area contributed by atoms with Crippen molar-refractivity contribution in [3.8, 4) is 0 Å². The number of hydrogen-bond acceptors (Lipinski definition) is 7. The molecule has 0 fully saturated rings. The summed E-state index contributed by atoms with van der Waals surface area (Å²) in [6, 6.07) is 6.90. The van der Waals surface area contributed by atoms with Gasteiger partial charge >= 0.3 is 6.03 Å². The van der Waals surface area contributed by atoms with Crippen molar-refractivity contribution in [1.29, 1.82) is 0 Å². The van der Waals surface area contributed by atoms with Gasteiger partial charge in [0.2, 0.25) is 0 Å². The molecule has 0 unspecified atom stereocenters. The number of pyridine rings is 2. The van der Waals surface area contributed by atoms with Crippen LogP contribution in [0.3, 0.4) is 0 Å². The fraction of sp³-hybridized carbons (Fsp3) is 0.273. The van der Waals surface area contributed by atoms with Crippen LogP contribution in [0.1, 0.15) is 21.6 Å². The number of aromatic nitrogens is 2. The summed E-state index contributed by atoms with van der Waals surface area (Å²) in [5, 5.41) is 3.69. The summed E-state index contributed by atoms with van der Waals surface area (Å²) < 4.78 is 0. The minimum absolute atomic E-state index is 0.173. The average Bonchev–Trinajstić information content (AvgIpc) is 3.21. The molecule has 3 rings (SSSR count). The molecule has 0 aliphatic heterocycles. The molecule has 3 aromatic heterocycles. The fourth-order valence-electron chi connectivity index (χ4n) is 3.06. The quantitative estimate of drug-likeness (QED) is 0.513. The molecule has 0 bridgehead atoms. The van der Waals surface area contributed by atoms with Gasteiger partial charge in [0.05, 0.1) is 17.9 Å². The molecule has 168 valence electrons. The number of carbonyl (C=O) groups is 2. The first-order valence-electron chi connectivity index (χ1n) is 10.0. The second-order valence-corrected chi connectivity index (χ2v) is 8.32. The summed E-state index contributed by atoms with van der Waals surface area (Å²) in [6.07, 6.45) is 4.97. The Hall–Kier alpha value is -3.50. The lowest BCUT2D eigenvalue weighted by atomic mass is 10.2. The molecule has 0 atom stereocenters. The Balaban J connectivity index is 1.89. The molecule has 0 saturated carbocycles. The molecule has 10 heteroatoms. The Bertz CT molecular complexity index is 1040. The maximum absolute atomic E-state index is 13.8. The zero-order valence-corrected chi connectivity index (χ0v) is 19.0. The monoisotopic (exact) mass is 453 g/mol. The number of likely N-dealkylation sites (N-methyl/N-ethyl adjacent to an activating group) is 1. The smallest absolute Gasteiger partial charge is 0.325 e. The molecular formula is C22H27N7O2S. The van der Waals surface area contributed by atoms with Gasteiger partial charge in [-0.2, -0.15) is 0 Å². The van der Waals surface area contributed by atoms with Gasteiger partial charge in [-0.1, -0.05) is 6.07 Å². The molecule has 9 nitrogen and oxygen atoms in total. The third kappa shape index (κ3) is 6.02. The Morgan fingerprint density at radius 3 is 2.31 bits per heavy atom. The molecular weight excluding hydrogens is 426 g/mol. The van der Waals surface area contributed by atoms with Gasteiger partial charge in [-0.05, 0) is 43.4 Å². The Morgan fingerprint density at radius 1 is 1.00 bits per heavy atom. The fourth-order valence-corrected chi connectivity index (χ4v) is 3.79. The SMILES string of the molecule is CN(C)CCN(Cc1ccc(C(N)=O)nc1)C(=O)N(Cc1ccncc1)c1cscc1N. The highest BCUT2D eigenvalue weighted by Crippen LogP contribution is 2.30. The number of nitrogen functional groups attached to an aromatic ring is 1. The van der Waals surface area contributed by atoms with Gasteiger partial charge in [-0.15, -0.1) is 11.3 Å². The third-order valence-corrected chi connectivity index (χ3v) is 5.57. The van der Waals surface area contributed by atoms with Gasteiger partial charge in [-0.3, -0.25) is 19.7 Å². The Labute approximate surface area is 191 Å². The number of carbonyl (C=O) groups excluding carboxylic acids is 2. The zero-order valence-electron chi connectivity index (χ0n) is 18.1. The van der Waals surface area contributed by atoms with Crippen molar-refractivity contribution in [3.63, 3.8) is 0 Å². The van der Waals surface area contributed by atoms with Crippen LogP contribution in [0, 0.1) is 0 Å². The minimum Gasteiger partial charge on any atom is -0.396 e. The van der Waals surface area contributed by atoms with E-state index in [1.54, 1.807) is 40.5 Å². The number of rotatable bonds is 9. The Kier molecular flexibility index (Phi) is 7.74. The molecule has 32 heavy (non-hydrogen) atoms. The molecule has 0 aliphatic rings. The lowest BCUT2D eigenvalue weighted by molar-refractivity contribution is 0.0995. The van der Waals surface area contributed by atoms with Crippen LogP contribution < -0.4 is 16.4 Å². The number of nitrogens with zero attached hydrogens (tertiary/aromatic N) is 5. The first-order valence-corrected chi connectivity index (χ1v) is 11.0. The van der Waals surface area contributed by atoms with E-state index >= 15 is 0 Å². The highest BCUT2D eigenvalue weighted by Gasteiger charge is 2.25. The lowest BCUT2D eigenvalue weighted by Gasteiger charge is -2.31. The molecule has 4 N–H and O–H groups in total. The number of amides is 3. The molecule has 0 spiro atoms. The highest BCUT2D eigenvalue weighted by atomic mass is 32.1. The summed E-state index contributed by atoms with van der Waals surface area (Å²) in [5.74, 6) is -0.589. The van der Waals surface area contributed by atoms with E-state index in [0.717, 1.165) is 11.1 Å². The molecule has 3 heterocycles. The van der Waals surface area contributed by atoms with Crippen molar-refractivity contribution < 1.29 is 9.59 Å². The molecule has 0 aromatic carbocycles. The van der Waals surface area contributed by atoms with Gasteiger partial charge in [0.25, 0.3) is 5.91 Å². The van der Waals surface area contributed by atoms with Gasteiger partial charge in [0, 0.05) is 49.0 Å². The van der Waals surface area contributed by atoms with E-state index in [2.05, 4.69) is 9.97 Å². The molecule has 0 radical (unpaired) electrons. The van der Waals surface area contributed by atoms with Crippen LogP contribution in [-0.4, -0.2) is 58.9 Å². The van der Waals surface area contributed by atoms with E-state index in [0.29, 0.717) is 37.6 Å². The van der Waals surface area contributed by atoms with E-state index in [9.17, 15) is 9.59 Å².